The molecular formula is C20H21ClFNO4. The van der Waals surface area contributed by atoms with Crippen LogP contribution in [0.3, 0.4) is 0 Å². The van der Waals surface area contributed by atoms with Crippen LogP contribution in [0.25, 0.3) is 0 Å². The van der Waals surface area contributed by atoms with Crippen LogP contribution in [0.5, 0.6) is 5.75 Å². The number of aliphatic hydroxyl groups excluding tert-OH is 2. The summed E-state index contributed by atoms with van der Waals surface area (Å²) in [5.41, 5.74) is 0.102. The Kier molecular flexibility index (Phi) is 5.69. The van der Waals surface area contributed by atoms with E-state index in [2.05, 4.69) is 0 Å². The van der Waals surface area contributed by atoms with Gasteiger partial charge in [-0.2, -0.15) is 0 Å². The lowest BCUT2D eigenvalue weighted by atomic mass is 9.73. The minimum Gasteiger partial charge on any atom is -0.506 e. The van der Waals surface area contributed by atoms with E-state index in [0.29, 0.717) is 19.4 Å². The summed E-state index contributed by atoms with van der Waals surface area (Å²) in [6.45, 7) is 0.153. The van der Waals surface area contributed by atoms with Gasteiger partial charge in [0.15, 0.2) is 0 Å². The number of hydrogen-bond donors (Lipinski definition) is 3. The summed E-state index contributed by atoms with van der Waals surface area (Å²) < 4.78 is 13.2. The summed E-state index contributed by atoms with van der Waals surface area (Å²) in [4.78, 5) is 14.4. The van der Waals surface area contributed by atoms with Gasteiger partial charge in [0, 0.05) is 24.1 Å². The third-order valence-electron chi connectivity index (χ3n) is 5.15. The highest BCUT2D eigenvalue weighted by molar-refractivity contribution is 6.32. The van der Waals surface area contributed by atoms with Crippen molar-refractivity contribution < 1.29 is 24.5 Å². The maximum absolute atomic E-state index is 13.2. The molecule has 144 valence electrons. The molecule has 0 unspecified atom stereocenters. The molecule has 0 aromatic heterocycles. The topological polar surface area (TPSA) is 81.0 Å². The Hall–Kier alpha value is -2.15. The third kappa shape index (κ3) is 4.08. The highest BCUT2D eigenvalue weighted by Gasteiger charge is 2.43. The van der Waals surface area contributed by atoms with E-state index in [1.54, 1.807) is 17.0 Å². The molecule has 27 heavy (non-hydrogen) atoms. The quantitative estimate of drug-likeness (QED) is 0.746. The summed E-state index contributed by atoms with van der Waals surface area (Å²) in [6, 6.07) is 10.1. The van der Waals surface area contributed by atoms with Gasteiger partial charge in [0.2, 0.25) is 0 Å². The molecule has 0 radical (unpaired) electrons. The lowest BCUT2D eigenvalue weighted by Gasteiger charge is -2.45. The highest BCUT2D eigenvalue weighted by atomic mass is 35.5. The van der Waals surface area contributed by atoms with Crippen molar-refractivity contribution in [3.8, 4) is 5.75 Å². The molecule has 2 aromatic carbocycles. The first kappa shape index (κ1) is 19.6. The molecule has 3 N–H and O–H groups in total. The van der Waals surface area contributed by atoms with Crippen molar-refractivity contribution in [2.45, 2.75) is 18.9 Å². The number of amides is 1. The van der Waals surface area contributed by atoms with Gasteiger partial charge in [-0.3, -0.25) is 4.79 Å². The number of likely N-dealkylation sites (tertiary alicyclic amines) is 1. The largest absolute Gasteiger partial charge is 0.506 e. The van der Waals surface area contributed by atoms with E-state index in [4.69, 9.17) is 11.6 Å². The molecular weight excluding hydrogens is 373 g/mol. The molecule has 1 heterocycles. The van der Waals surface area contributed by atoms with Gasteiger partial charge in [-0.05, 0) is 48.7 Å². The molecule has 2 atom stereocenters. The maximum atomic E-state index is 13.2. The van der Waals surface area contributed by atoms with Gasteiger partial charge in [0.1, 0.15) is 11.6 Å². The van der Waals surface area contributed by atoms with Crippen LogP contribution in [0.2, 0.25) is 5.02 Å². The second-order valence-electron chi connectivity index (χ2n) is 7.02. The number of halogens is 2. The molecule has 0 bridgehead atoms. The predicted molar refractivity (Wildman–Crippen MR) is 99.3 cm³/mol. The monoisotopic (exact) mass is 393 g/mol. The van der Waals surface area contributed by atoms with Gasteiger partial charge in [0.25, 0.3) is 5.91 Å². The van der Waals surface area contributed by atoms with Crippen molar-refractivity contribution in [3.05, 3.63) is 64.4 Å². The average molecular weight is 394 g/mol. The first-order valence-electron chi connectivity index (χ1n) is 8.66. The van der Waals surface area contributed by atoms with Crippen LogP contribution in [-0.4, -0.2) is 51.9 Å². The van der Waals surface area contributed by atoms with E-state index in [9.17, 15) is 24.5 Å². The molecule has 1 amide bonds. The van der Waals surface area contributed by atoms with E-state index < -0.39 is 11.5 Å². The third-order valence-corrected chi connectivity index (χ3v) is 5.47. The van der Waals surface area contributed by atoms with E-state index in [0.717, 1.165) is 5.56 Å². The molecule has 2 aromatic rings. The lowest BCUT2D eigenvalue weighted by molar-refractivity contribution is -0.0668. The smallest absolute Gasteiger partial charge is 0.254 e. The number of hydrogen-bond acceptors (Lipinski definition) is 4. The first-order valence-corrected chi connectivity index (χ1v) is 9.03. The van der Waals surface area contributed by atoms with Gasteiger partial charge in [-0.1, -0.05) is 23.7 Å². The second kappa shape index (κ2) is 7.84. The number of aromatic hydroxyl groups is 1. The maximum Gasteiger partial charge on any atom is 0.254 e. The number of phenols is 1. The SMILES string of the molecule is O=C(c1ccc(Cl)c(O)c1)N1CC[C@H](O)[C@@](CO)(Cc2ccc(F)cc2)C1. The summed E-state index contributed by atoms with van der Waals surface area (Å²) in [5, 5.41) is 30.5. The van der Waals surface area contributed by atoms with Gasteiger partial charge < -0.3 is 20.2 Å². The Morgan fingerprint density at radius 2 is 1.96 bits per heavy atom. The number of benzene rings is 2. The fourth-order valence-electron chi connectivity index (χ4n) is 3.54. The number of rotatable bonds is 4. The van der Waals surface area contributed by atoms with Crippen LogP contribution in [-0.2, 0) is 6.42 Å². The molecule has 3 rings (SSSR count). The number of phenolic OH excluding ortho intramolecular Hbond substituents is 1. The first-order chi connectivity index (χ1) is 12.8. The van der Waals surface area contributed by atoms with Crippen molar-refractivity contribution >= 4 is 17.5 Å². The lowest BCUT2D eigenvalue weighted by Crippen LogP contribution is -2.56. The van der Waals surface area contributed by atoms with E-state index >= 15 is 0 Å². The average Bonchev–Trinajstić information content (AvgIpc) is 2.67. The number of piperidine rings is 1. The molecule has 7 heteroatoms. The summed E-state index contributed by atoms with van der Waals surface area (Å²) in [7, 11) is 0. The standard InChI is InChI=1S/C20H21ClFNO4/c21-16-6-3-14(9-17(16)25)19(27)23-8-7-18(26)20(11-23,12-24)10-13-1-4-15(22)5-2-13/h1-6,9,18,24-26H,7-8,10-12H2/t18-,20-/m0/s1. The molecule has 0 aliphatic carbocycles. The highest BCUT2D eigenvalue weighted by Crippen LogP contribution is 2.35. The molecule has 1 fully saturated rings. The number of carbonyl (C=O) groups excluding carboxylic acids is 1. The Morgan fingerprint density at radius 1 is 1.26 bits per heavy atom. The van der Waals surface area contributed by atoms with Crippen molar-refractivity contribution in [1.29, 1.82) is 0 Å². The van der Waals surface area contributed by atoms with Crippen molar-refractivity contribution in [1.82, 2.24) is 4.90 Å². The van der Waals surface area contributed by atoms with Crippen molar-refractivity contribution in [2.75, 3.05) is 19.7 Å². The predicted octanol–water partition coefficient (Wildman–Crippen LogP) is 2.61. The zero-order valence-corrected chi connectivity index (χ0v) is 15.4. The van der Waals surface area contributed by atoms with E-state index in [1.165, 1.54) is 30.3 Å². The summed E-state index contributed by atoms with van der Waals surface area (Å²) in [6.07, 6.45) is -0.177. The summed E-state index contributed by atoms with van der Waals surface area (Å²) >= 11 is 5.79. The van der Waals surface area contributed by atoms with Gasteiger partial charge in [-0.15, -0.1) is 0 Å². The van der Waals surface area contributed by atoms with Crippen LogP contribution in [0.1, 0.15) is 22.3 Å². The fourth-order valence-corrected chi connectivity index (χ4v) is 3.66. The minimum absolute atomic E-state index is 0.143. The van der Waals surface area contributed by atoms with Crippen LogP contribution >= 0.6 is 11.6 Å². The van der Waals surface area contributed by atoms with Gasteiger partial charge in [-0.25, -0.2) is 4.39 Å². The Labute approximate surface area is 161 Å². The fraction of sp³-hybridized carbons (Fsp3) is 0.350. The Balaban J connectivity index is 1.83. The normalized spacial score (nSPS) is 22.7. The molecule has 1 saturated heterocycles. The summed E-state index contributed by atoms with van der Waals surface area (Å²) in [5.74, 6) is -0.856. The molecule has 0 spiro atoms. The zero-order valence-electron chi connectivity index (χ0n) is 14.6. The number of nitrogens with zero attached hydrogens (tertiary/aromatic N) is 1. The number of aliphatic hydroxyl groups is 2. The van der Waals surface area contributed by atoms with Gasteiger partial charge >= 0.3 is 0 Å². The second-order valence-corrected chi connectivity index (χ2v) is 7.43. The molecule has 1 aliphatic rings. The van der Waals surface area contributed by atoms with E-state index in [-0.39, 0.29) is 41.2 Å². The van der Waals surface area contributed by atoms with E-state index in [1.807, 2.05) is 0 Å². The van der Waals surface area contributed by atoms with Gasteiger partial charge in [0.05, 0.1) is 17.7 Å². The van der Waals surface area contributed by atoms with Crippen molar-refractivity contribution in [2.24, 2.45) is 5.41 Å². The molecule has 1 aliphatic heterocycles. The van der Waals surface area contributed by atoms with Crippen LogP contribution in [0.4, 0.5) is 4.39 Å². The van der Waals surface area contributed by atoms with Crippen LogP contribution in [0.15, 0.2) is 42.5 Å². The molecule has 0 saturated carbocycles. The Bertz CT molecular complexity index is 829. The minimum atomic E-state index is -0.944. The zero-order chi connectivity index (χ0) is 19.6. The van der Waals surface area contributed by atoms with Crippen LogP contribution in [0, 0.1) is 11.2 Å². The van der Waals surface area contributed by atoms with Crippen LogP contribution < -0.4 is 0 Å². The Morgan fingerprint density at radius 3 is 2.59 bits per heavy atom. The number of carbonyl (C=O) groups is 1. The molecule has 5 nitrogen and oxygen atoms in total. The van der Waals surface area contributed by atoms with Crippen molar-refractivity contribution in [3.63, 3.8) is 0 Å².